The van der Waals surface area contributed by atoms with E-state index in [1.165, 1.54) is 12.1 Å². The van der Waals surface area contributed by atoms with Gasteiger partial charge in [0.15, 0.2) is 0 Å². The molecule has 4 aromatic rings. The van der Waals surface area contributed by atoms with Crippen LogP contribution in [0.15, 0.2) is 78.4 Å². The fraction of sp³-hybridized carbons (Fsp3) is 0.120. The molecule has 1 aromatic heterocycles. The zero-order valence-corrected chi connectivity index (χ0v) is 17.9. The Morgan fingerprint density at radius 2 is 1.81 bits per heavy atom. The molecule has 1 atom stereocenters. The number of hydrogen-bond donors (Lipinski definition) is 1. The van der Waals surface area contributed by atoms with E-state index in [0.717, 1.165) is 16.6 Å². The number of fused-ring (bicyclic) bond motifs is 3. The highest BCUT2D eigenvalue weighted by Crippen LogP contribution is 2.42. The maximum absolute atomic E-state index is 13.6. The van der Waals surface area contributed by atoms with Crippen LogP contribution in [0.2, 0.25) is 5.02 Å². The molecule has 160 valence electrons. The molecule has 5 rings (SSSR count). The smallest absolute Gasteiger partial charge is 0.338 e. The highest BCUT2D eigenvalue weighted by atomic mass is 35.5. The van der Waals surface area contributed by atoms with Crippen molar-refractivity contribution in [1.82, 2.24) is 9.55 Å². The predicted molar refractivity (Wildman–Crippen MR) is 123 cm³/mol. The average Bonchev–Trinajstić information content (AvgIpc) is 3.17. The van der Waals surface area contributed by atoms with Gasteiger partial charge in [-0.25, -0.2) is 14.2 Å². The van der Waals surface area contributed by atoms with Gasteiger partial charge in [-0.1, -0.05) is 35.9 Å². The number of aromatic nitrogens is 2. The number of nitrogens with one attached hydrogen (secondary N) is 1. The third-order valence-electron chi connectivity index (χ3n) is 5.45. The molecule has 1 unspecified atom stereocenters. The summed E-state index contributed by atoms with van der Waals surface area (Å²) >= 11 is 6.14. The number of halogens is 2. The maximum Gasteiger partial charge on any atom is 0.338 e. The van der Waals surface area contributed by atoms with Crippen LogP contribution in [0.3, 0.4) is 0 Å². The summed E-state index contributed by atoms with van der Waals surface area (Å²) < 4.78 is 21.1. The lowest BCUT2D eigenvalue weighted by atomic mass is 9.92. The molecule has 0 spiro atoms. The van der Waals surface area contributed by atoms with Crippen LogP contribution in [0.25, 0.3) is 16.7 Å². The van der Waals surface area contributed by atoms with Crippen molar-refractivity contribution in [3.8, 4) is 0 Å². The number of imidazole rings is 1. The van der Waals surface area contributed by atoms with Gasteiger partial charge < -0.3 is 10.1 Å². The largest absolute Gasteiger partial charge is 0.463 e. The molecule has 0 bridgehead atoms. The molecule has 2 heterocycles. The zero-order valence-electron chi connectivity index (χ0n) is 17.2. The molecule has 0 saturated carbocycles. The molecule has 0 aliphatic carbocycles. The van der Waals surface area contributed by atoms with E-state index in [0.29, 0.717) is 27.8 Å². The number of carbonyl (C=O) groups is 1. The van der Waals surface area contributed by atoms with Crippen LogP contribution in [-0.4, -0.2) is 22.1 Å². The Labute approximate surface area is 189 Å². The topological polar surface area (TPSA) is 56.1 Å². The summed E-state index contributed by atoms with van der Waals surface area (Å²) in [6.07, 6.45) is 0. The van der Waals surface area contributed by atoms with Crippen LogP contribution >= 0.6 is 11.6 Å². The zero-order chi connectivity index (χ0) is 22.2. The summed E-state index contributed by atoms with van der Waals surface area (Å²) in [5, 5.41) is 3.90. The molecule has 1 aliphatic heterocycles. The molecule has 0 fully saturated rings. The van der Waals surface area contributed by atoms with Crippen LogP contribution in [0.5, 0.6) is 0 Å². The Bertz CT molecular complexity index is 1340. The number of hydrogen-bond acceptors (Lipinski definition) is 4. The van der Waals surface area contributed by atoms with Gasteiger partial charge in [0.2, 0.25) is 5.95 Å². The molecular formula is C25H19ClFN3O2. The van der Waals surface area contributed by atoms with Crippen molar-refractivity contribution in [1.29, 1.82) is 0 Å². The van der Waals surface area contributed by atoms with E-state index in [-0.39, 0.29) is 12.4 Å². The molecule has 0 amide bonds. The minimum atomic E-state index is -0.519. The molecule has 0 radical (unpaired) electrons. The fourth-order valence-electron chi connectivity index (χ4n) is 4.07. The van der Waals surface area contributed by atoms with Gasteiger partial charge in [-0.15, -0.1) is 0 Å². The van der Waals surface area contributed by atoms with E-state index in [1.807, 2.05) is 41.0 Å². The van der Waals surface area contributed by atoms with Crippen molar-refractivity contribution in [2.75, 3.05) is 11.9 Å². The van der Waals surface area contributed by atoms with Crippen molar-refractivity contribution < 1.29 is 13.9 Å². The van der Waals surface area contributed by atoms with Crippen LogP contribution in [0, 0.1) is 5.82 Å². The Morgan fingerprint density at radius 3 is 2.53 bits per heavy atom. The molecule has 5 nitrogen and oxygen atoms in total. The highest BCUT2D eigenvalue weighted by Gasteiger charge is 2.36. The van der Waals surface area contributed by atoms with E-state index in [9.17, 15) is 9.18 Å². The lowest BCUT2D eigenvalue weighted by Gasteiger charge is -2.31. The first-order chi connectivity index (χ1) is 15.6. The molecule has 7 heteroatoms. The van der Waals surface area contributed by atoms with Gasteiger partial charge >= 0.3 is 5.97 Å². The number of anilines is 1. The summed E-state index contributed by atoms with van der Waals surface area (Å²) in [6.45, 7) is 1.99. The van der Waals surface area contributed by atoms with Gasteiger partial charge in [-0.3, -0.25) is 4.57 Å². The Kier molecular flexibility index (Phi) is 5.15. The van der Waals surface area contributed by atoms with E-state index in [4.69, 9.17) is 21.3 Å². The first kappa shape index (κ1) is 20.3. The number of esters is 1. The SMILES string of the molecule is CCOC(=O)C1=C(c2ccc(F)cc2)Nc2nc3ccccc3n2C1c1ccc(Cl)cc1. The summed E-state index contributed by atoms with van der Waals surface area (Å²) in [5.74, 6) is -0.231. The number of para-hydroxylation sites is 2. The third kappa shape index (κ3) is 3.42. The van der Waals surface area contributed by atoms with Crippen molar-refractivity contribution in [3.63, 3.8) is 0 Å². The quantitative estimate of drug-likeness (QED) is 0.400. The van der Waals surface area contributed by atoms with E-state index < -0.39 is 12.0 Å². The van der Waals surface area contributed by atoms with E-state index >= 15 is 0 Å². The van der Waals surface area contributed by atoms with Gasteiger partial charge in [0.1, 0.15) is 5.82 Å². The van der Waals surface area contributed by atoms with Crippen molar-refractivity contribution in [3.05, 3.63) is 100 Å². The van der Waals surface area contributed by atoms with Crippen LogP contribution < -0.4 is 5.32 Å². The highest BCUT2D eigenvalue weighted by molar-refractivity contribution is 6.30. The van der Waals surface area contributed by atoms with Gasteiger partial charge in [0.25, 0.3) is 0 Å². The number of rotatable bonds is 4. The second-order valence-corrected chi connectivity index (χ2v) is 7.83. The fourth-order valence-corrected chi connectivity index (χ4v) is 4.19. The minimum Gasteiger partial charge on any atom is -0.463 e. The summed E-state index contributed by atoms with van der Waals surface area (Å²) in [5.41, 5.74) is 4.12. The maximum atomic E-state index is 13.6. The number of carbonyl (C=O) groups excluding carboxylic acids is 1. The molecule has 3 aromatic carbocycles. The summed E-state index contributed by atoms with van der Waals surface area (Å²) in [7, 11) is 0. The monoisotopic (exact) mass is 447 g/mol. The van der Waals surface area contributed by atoms with Crippen LogP contribution in [0.1, 0.15) is 24.1 Å². The standard InChI is InChI=1S/C25H19ClFN3O2/c1-2-32-24(31)21-22(15-9-13-18(27)14-10-15)29-25-28-19-5-3-4-6-20(19)30(25)23(21)16-7-11-17(26)12-8-16/h3-14,23H,2H2,1H3,(H,28,29). The minimum absolute atomic E-state index is 0.226. The first-order valence-corrected chi connectivity index (χ1v) is 10.6. The first-order valence-electron chi connectivity index (χ1n) is 10.2. The van der Waals surface area contributed by atoms with Crippen LogP contribution in [-0.2, 0) is 9.53 Å². The van der Waals surface area contributed by atoms with Gasteiger partial charge in [0.05, 0.1) is 35.0 Å². The third-order valence-corrected chi connectivity index (χ3v) is 5.70. The molecule has 0 saturated heterocycles. The van der Waals surface area contributed by atoms with Crippen molar-refractivity contribution in [2.45, 2.75) is 13.0 Å². The molecule has 32 heavy (non-hydrogen) atoms. The second kappa shape index (κ2) is 8.13. The van der Waals surface area contributed by atoms with Crippen molar-refractivity contribution >= 4 is 40.2 Å². The molecule has 1 N–H and O–H groups in total. The molecular weight excluding hydrogens is 429 g/mol. The van der Waals surface area contributed by atoms with Gasteiger partial charge in [-0.2, -0.15) is 0 Å². The Morgan fingerprint density at radius 1 is 1.09 bits per heavy atom. The normalized spacial score (nSPS) is 15.4. The van der Waals surface area contributed by atoms with Gasteiger partial charge in [-0.05, 0) is 66.6 Å². The van der Waals surface area contributed by atoms with Crippen molar-refractivity contribution in [2.24, 2.45) is 0 Å². The van der Waals surface area contributed by atoms with Crippen LogP contribution in [0.4, 0.5) is 10.3 Å². The van der Waals surface area contributed by atoms with E-state index in [2.05, 4.69) is 5.32 Å². The van der Waals surface area contributed by atoms with E-state index in [1.54, 1.807) is 31.2 Å². The Hall–Kier alpha value is -3.64. The number of benzene rings is 3. The summed E-state index contributed by atoms with van der Waals surface area (Å²) in [6, 6.07) is 20.6. The second-order valence-electron chi connectivity index (χ2n) is 7.39. The average molecular weight is 448 g/mol. The van der Waals surface area contributed by atoms with Gasteiger partial charge in [0, 0.05) is 5.02 Å². The lowest BCUT2D eigenvalue weighted by Crippen LogP contribution is -2.29. The predicted octanol–water partition coefficient (Wildman–Crippen LogP) is 5.82. The molecule has 1 aliphatic rings. The number of nitrogens with zero attached hydrogens (tertiary/aromatic N) is 2. The lowest BCUT2D eigenvalue weighted by molar-refractivity contribution is -0.138. The Balaban J connectivity index is 1.82. The summed E-state index contributed by atoms with van der Waals surface area (Å²) in [4.78, 5) is 18.1. The number of ether oxygens (including phenoxy) is 1.